The third-order valence-electron chi connectivity index (χ3n) is 17.8. The Labute approximate surface area is 493 Å². The smallest absolute Gasteiger partial charge is 0.143 e. The molecule has 84 heavy (non-hydrogen) atoms. The van der Waals surface area contributed by atoms with E-state index in [9.17, 15) is 0 Å². The van der Waals surface area contributed by atoms with Gasteiger partial charge in [-0.3, -0.25) is 0 Å². The zero-order valence-corrected chi connectivity index (χ0v) is 49.0. The van der Waals surface area contributed by atoms with Gasteiger partial charge in [-0.25, -0.2) is 0 Å². The largest absolute Gasteiger partial charge is 0.455 e. The zero-order valence-electron chi connectivity index (χ0n) is 49.0. The number of fused-ring (bicyclic) bond motifs is 6. The normalized spacial score (nSPS) is 11.9. The van der Waals surface area contributed by atoms with Crippen molar-refractivity contribution in [3.05, 3.63) is 241 Å². The summed E-state index contributed by atoms with van der Waals surface area (Å²) in [6.07, 6.45) is 13.1. The van der Waals surface area contributed by atoms with E-state index in [-0.39, 0.29) is 0 Å². The van der Waals surface area contributed by atoms with Crippen molar-refractivity contribution < 1.29 is 8.83 Å². The predicted octanol–water partition coefficient (Wildman–Crippen LogP) is 24.0. The average molecular weight is 1090 g/mol. The van der Waals surface area contributed by atoms with Gasteiger partial charge in [0.15, 0.2) is 0 Å². The Hall–Kier alpha value is -9.12. The van der Waals surface area contributed by atoms with Crippen LogP contribution in [0.5, 0.6) is 0 Å². The Morgan fingerprint density at radius 3 is 1.02 bits per heavy atom. The van der Waals surface area contributed by atoms with Crippen LogP contribution < -0.4 is 9.80 Å². The van der Waals surface area contributed by atoms with E-state index in [1.807, 2.05) is 0 Å². The maximum atomic E-state index is 6.61. The third kappa shape index (κ3) is 9.33. The average Bonchev–Trinajstić information content (AvgIpc) is 2.07. The number of benzene rings is 12. The van der Waals surface area contributed by atoms with Gasteiger partial charge in [0, 0.05) is 54.8 Å². The Balaban J connectivity index is 0.972. The molecular formula is C80H72N2O2. The van der Waals surface area contributed by atoms with E-state index in [0.29, 0.717) is 0 Å². The minimum Gasteiger partial charge on any atom is -0.455 e. The van der Waals surface area contributed by atoms with Gasteiger partial charge in [-0.1, -0.05) is 223 Å². The molecule has 4 nitrogen and oxygen atoms in total. The number of hydrogen-bond acceptors (Lipinski definition) is 4. The van der Waals surface area contributed by atoms with Crippen molar-refractivity contribution in [1.29, 1.82) is 0 Å². The lowest BCUT2D eigenvalue weighted by molar-refractivity contribution is 0.669. The molecule has 0 aliphatic rings. The van der Waals surface area contributed by atoms with Gasteiger partial charge in [0.2, 0.25) is 0 Å². The van der Waals surface area contributed by atoms with Crippen molar-refractivity contribution in [2.75, 3.05) is 9.80 Å². The molecule has 0 saturated heterocycles. The van der Waals surface area contributed by atoms with E-state index in [0.717, 1.165) is 155 Å². The molecule has 0 aliphatic heterocycles. The summed E-state index contributed by atoms with van der Waals surface area (Å²) in [7, 11) is 0. The van der Waals surface area contributed by atoms with Gasteiger partial charge in [-0.15, -0.1) is 0 Å². The fourth-order valence-corrected chi connectivity index (χ4v) is 13.6. The maximum Gasteiger partial charge on any atom is 0.143 e. The molecule has 2 aromatic heterocycles. The first-order valence-corrected chi connectivity index (χ1v) is 31.1. The zero-order chi connectivity index (χ0) is 56.7. The first kappa shape index (κ1) is 52.9. The summed E-state index contributed by atoms with van der Waals surface area (Å²) in [5.74, 6) is 0. The second-order valence-corrected chi connectivity index (χ2v) is 23.2. The molecule has 0 radical (unpaired) electrons. The fraction of sp³-hybridized carbons (Fsp3) is 0.200. The van der Waals surface area contributed by atoms with Gasteiger partial charge < -0.3 is 18.6 Å². The summed E-state index contributed by atoms with van der Waals surface area (Å²) in [6, 6.07) is 81.8. The number of rotatable bonds is 20. The fourth-order valence-electron chi connectivity index (χ4n) is 13.6. The van der Waals surface area contributed by atoms with Crippen LogP contribution in [0.2, 0.25) is 0 Å². The highest BCUT2D eigenvalue weighted by Crippen LogP contribution is 2.51. The molecule has 2 heterocycles. The molecule has 0 amide bonds. The van der Waals surface area contributed by atoms with Crippen molar-refractivity contribution in [2.24, 2.45) is 0 Å². The van der Waals surface area contributed by atoms with Crippen molar-refractivity contribution in [2.45, 2.75) is 105 Å². The van der Waals surface area contributed by atoms with Crippen molar-refractivity contribution in [1.82, 2.24) is 0 Å². The quantitative estimate of drug-likeness (QED) is 0.0712. The van der Waals surface area contributed by atoms with E-state index in [1.54, 1.807) is 0 Å². The van der Waals surface area contributed by atoms with Crippen molar-refractivity contribution >= 4 is 110 Å². The molecule has 0 aliphatic carbocycles. The monoisotopic (exact) mass is 1090 g/mol. The second kappa shape index (κ2) is 22.9. The first-order chi connectivity index (χ1) is 41.5. The highest BCUT2D eigenvalue weighted by molar-refractivity contribution is 6.28. The van der Waals surface area contributed by atoms with Crippen LogP contribution in [0.25, 0.3) is 98.4 Å². The van der Waals surface area contributed by atoms with Crippen LogP contribution in [-0.4, -0.2) is 0 Å². The summed E-state index contributed by atoms with van der Waals surface area (Å²) in [5.41, 5.74) is 21.0. The van der Waals surface area contributed by atoms with E-state index >= 15 is 0 Å². The number of hydrogen-bond donors (Lipinski definition) is 0. The minimum atomic E-state index is 0.913. The van der Waals surface area contributed by atoms with Gasteiger partial charge in [-0.05, 0) is 155 Å². The molecule has 0 fully saturated rings. The lowest BCUT2D eigenvalue weighted by atomic mass is 9.90. The molecule has 0 spiro atoms. The number of aryl methyl sites for hydroxylation is 4. The molecule has 0 N–H and O–H groups in total. The summed E-state index contributed by atoms with van der Waals surface area (Å²) in [5, 5.41) is 12.1. The standard InChI is InChI=1S/C80H72N2O2/c1-5-9-21-57-25-17-26-58(22-10-6-2)77(57)81(61-45-37-53(38-46-61)63-31-19-33-67-65-29-13-15-35-73(65)83-79(63)67)71-51-43-55-42-50-70-72(52-44-56-41-49-69(71)75(55)76(56)70)82(78-59(23-11-7-3)27-18-28-60(78)24-12-8-4)62-47-39-54(40-48-62)64-32-20-34-68-66-30-14-16-36-74(66)84-80(64)68/h13-20,25-52H,5-12,21-24H2,1-4H3. The van der Waals surface area contributed by atoms with E-state index < -0.39 is 0 Å². The Morgan fingerprint density at radius 2 is 0.643 bits per heavy atom. The summed E-state index contributed by atoms with van der Waals surface area (Å²) >= 11 is 0. The molecule has 0 atom stereocenters. The Kier molecular flexibility index (Phi) is 14.4. The van der Waals surface area contributed by atoms with E-state index in [4.69, 9.17) is 8.83 Å². The van der Waals surface area contributed by atoms with Gasteiger partial charge in [-0.2, -0.15) is 0 Å². The Bertz CT molecular complexity index is 4320. The second-order valence-electron chi connectivity index (χ2n) is 23.2. The molecule has 414 valence electrons. The van der Waals surface area contributed by atoms with Crippen LogP contribution >= 0.6 is 0 Å². The topological polar surface area (TPSA) is 32.8 Å². The van der Waals surface area contributed by atoms with Crippen LogP contribution in [0, 0.1) is 0 Å². The van der Waals surface area contributed by atoms with Crippen LogP contribution in [0.4, 0.5) is 34.1 Å². The van der Waals surface area contributed by atoms with Crippen molar-refractivity contribution in [3.63, 3.8) is 0 Å². The number of para-hydroxylation sites is 6. The maximum absolute atomic E-state index is 6.61. The molecule has 14 aromatic rings. The number of unbranched alkanes of at least 4 members (excludes halogenated alkanes) is 4. The minimum absolute atomic E-state index is 0.913. The molecule has 0 saturated carbocycles. The lowest BCUT2D eigenvalue weighted by Crippen LogP contribution is -2.16. The molecule has 14 rings (SSSR count). The summed E-state index contributed by atoms with van der Waals surface area (Å²) in [6.45, 7) is 9.24. The molecule has 0 bridgehead atoms. The molecule has 12 aromatic carbocycles. The molecule has 4 heteroatoms. The Morgan fingerprint density at radius 1 is 0.298 bits per heavy atom. The van der Waals surface area contributed by atoms with Crippen LogP contribution in [0.15, 0.2) is 227 Å². The molecular weight excluding hydrogens is 1020 g/mol. The van der Waals surface area contributed by atoms with E-state index in [1.165, 1.54) is 77.3 Å². The van der Waals surface area contributed by atoms with E-state index in [2.05, 4.69) is 256 Å². The SMILES string of the molecule is CCCCc1cccc(CCCC)c1N(c1ccc(-c2cccc3c2oc2ccccc23)cc1)c1ccc2ccc3c(N(c4ccc(-c5cccc6c5oc5ccccc56)cc4)c4c(CCCC)cccc4CCCC)ccc4ccc1c2c43. The first-order valence-electron chi connectivity index (χ1n) is 31.1. The van der Waals surface area contributed by atoms with Gasteiger partial charge >= 0.3 is 0 Å². The number of furan rings is 2. The molecule has 0 unspecified atom stereocenters. The van der Waals surface area contributed by atoms with Crippen LogP contribution in [-0.2, 0) is 25.7 Å². The number of nitrogens with zero attached hydrogens (tertiary/aromatic N) is 2. The predicted molar refractivity (Wildman–Crippen MR) is 359 cm³/mol. The summed E-state index contributed by atoms with van der Waals surface area (Å²) < 4.78 is 13.2. The lowest BCUT2D eigenvalue weighted by Gasteiger charge is -2.33. The third-order valence-corrected chi connectivity index (χ3v) is 17.8. The van der Waals surface area contributed by atoms with Crippen LogP contribution in [0.1, 0.15) is 101 Å². The summed E-state index contributed by atoms with van der Waals surface area (Å²) in [4.78, 5) is 5.25. The highest BCUT2D eigenvalue weighted by Gasteiger charge is 2.27. The number of anilines is 6. The van der Waals surface area contributed by atoms with Gasteiger partial charge in [0.1, 0.15) is 22.3 Å². The van der Waals surface area contributed by atoms with Crippen molar-refractivity contribution in [3.8, 4) is 22.3 Å². The van der Waals surface area contributed by atoms with Gasteiger partial charge in [0.05, 0.1) is 22.7 Å². The van der Waals surface area contributed by atoms with Gasteiger partial charge in [0.25, 0.3) is 0 Å². The van der Waals surface area contributed by atoms with Crippen LogP contribution in [0.3, 0.4) is 0 Å². The highest BCUT2D eigenvalue weighted by atomic mass is 16.3.